The van der Waals surface area contributed by atoms with Gasteiger partial charge in [-0.2, -0.15) is 8.42 Å². The Morgan fingerprint density at radius 2 is 1.66 bits per heavy atom. The number of urea groups is 1. The molecule has 0 saturated heterocycles. The molecule has 0 heterocycles. The molecule has 0 spiro atoms. The van der Waals surface area contributed by atoms with E-state index in [1.54, 1.807) is 17.0 Å². The number of benzene rings is 3. The van der Waals surface area contributed by atoms with Crippen LogP contribution in [0.5, 0.6) is 11.5 Å². The summed E-state index contributed by atoms with van der Waals surface area (Å²) in [5, 5.41) is 2.90. The monoisotopic (exact) mass is 500 g/mol. The van der Waals surface area contributed by atoms with E-state index in [1.165, 1.54) is 13.2 Å². The first-order chi connectivity index (χ1) is 16.6. The molecule has 0 aliphatic heterocycles. The van der Waals surface area contributed by atoms with Crippen LogP contribution in [0.3, 0.4) is 0 Å². The van der Waals surface area contributed by atoms with Crippen LogP contribution in [-0.4, -0.2) is 33.0 Å². The molecule has 1 N–H and O–H groups in total. The number of rotatable bonds is 9. The molecule has 3 aromatic rings. The number of halogens is 1. The van der Waals surface area contributed by atoms with Crippen molar-refractivity contribution in [1.29, 1.82) is 0 Å². The van der Waals surface area contributed by atoms with E-state index in [1.807, 2.05) is 45.0 Å². The van der Waals surface area contributed by atoms with E-state index < -0.39 is 15.9 Å². The van der Waals surface area contributed by atoms with E-state index in [2.05, 4.69) is 5.32 Å². The Bertz CT molecular complexity index is 1260. The maximum absolute atomic E-state index is 13.2. The molecule has 0 aromatic heterocycles. The summed E-state index contributed by atoms with van der Waals surface area (Å²) >= 11 is 0. The van der Waals surface area contributed by atoms with E-state index in [0.717, 1.165) is 29.8 Å². The van der Waals surface area contributed by atoms with E-state index in [4.69, 9.17) is 8.92 Å². The van der Waals surface area contributed by atoms with Crippen molar-refractivity contribution in [3.8, 4) is 11.5 Å². The lowest BCUT2D eigenvalue weighted by Gasteiger charge is -2.25. The van der Waals surface area contributed by atoms with Gasteiger partial charge in [0.2, 0.25) is 0 Å². The summed E-state index contributed by atoms with van der Waals surface area (Å²) in [6, 6.07) is 16.4. The van der Waals surface area contributed by atoms with Crippen molar-refractivity contribution >= 4 is 21.8 Å². The third-order valence-electron chi connectivity index (χ3n) is 5.08. The molecule has 186 valence electrons. The third-order valence-corrected chi connectivity index (χ3v) is 6.33. The lowest BCUT2D eigenvalue weighted by Crippen LogP contribution is -2.37. The molecule has 9 heteroatoms. The highest BCUT2D eigenvalue weighted by atomic mass is 32.2. The van der Waals surface area contributed by atoms with Gasteiger partial charge < -0.3 is 19.1 Å². The molecular weight excluding hydrogens is 471 g/mol. The molecule has 0 unspecified atom stereocenters. The normalized spacial score (nSPS) is 11.3. The molecule has 35 heavy (non-hydrogen) atoms. The van der Waals surface area contributed by atoms with Gasteiger partial charge in [-0.1, -0.05) is 37.6 Å². The molecular formula is C26H29FN2O5S. The Morgan fingerprint density at radius 1 is 1.00 bits per heavy atom. The Morgan fingerprint density at radius 3 is 2.26 bits per heavy atom. The summed E-state index contributed by atoms with van der Waals surface area (Å²) in [4.78, 5) is 14.5. The molecule has 0 fully saturated rings. The van der Waals surface area contributed by atoms with Gasteiger partial charge in [-0.3, -0.25) is 0 Å². The Hall–Kier alpha value is -3.59. The number of methoxy groups -OCH3 is 1. The number of anilines is 1. The lowest BCUT2D eigenvalue weighted by atomic mass is 10.1. The first-order valence-corrected chi connectivity index (χ1v) is 12.5. The SMILES string of the molecule is COc1ccc(CN(CC(C)C)C(=O)Nc2ccc(C)cc2)cc1OS(=O)(=O)c1ccc(F)cc1. The number of hydrogen-bond donors (Lipinski definition) is 1. The number of carbonyl (C=O) groups excluding carboxylic acids is 1. The second-order valence-corrected chi connectivity index (χ2v) is 10.1. The summed E-state index contributed by atoms with van der Waals surface area (Å²) in [6.07, 6.45) is 0. The highest BCUT2D eigenvalue weighted by Crippen LogP contribution is 2.31. The first kappa shape index (κ1) is 26.0. The predicted octanol–water partition coefficient (Wildman–Crippen LogP) is 5.60. The molecule has 7 nitrogen and oxygen atoms in total. The van der Waals surface area contributed by atoms with Crippen LogP contribution in [0.1, 0.15) is 25.0 Å². The first-order valence-electron chi connectivity index (χ1n) is 11.1. The number of nitrogens with zero attached hydrogens (tertiary/aromatic N) is 1. The highest BCUT2D eigenvalue weighted by molar-refractivity contribution is 7.87. The van der Waals surface area contributed by atoms with Crippen molar-refractivity contribution in [2.75, 3.05) is 19.0 Å². The topological polar surface area (TPSA) is 84.9 Å². The van der Waals surface area contributed by atoms with Gasteiger partial charge >= 0.3 is 16.1 Å². The fourth-order valence-electron chi connectivity index (χ4n) is 3.37. The van der Waals surface area contributed by atoms with Gasteiger partial charge in [0.15, 0.2) is 11.5 Å². The largest absolute Gasteiger partial charge is 0.493 e. The minimum atomic E-state index is -4.23. The lowest BCUT2D eigenvalue weighted by molar-refractivity contribution is 0.201. The van der Waals surface area contributed by atoms with Crippen LogP contribution in [0.2, 0.25) is 0 Å². The fraction of sp³-hybridized carbons (Fsp3) is 0.269. The molecule has 0 bridgehead atoms. The molecule has 2 amide bonds. The molecule has 0 aliphatic rings. The maximum atomic E-state index is 13.2. The van der Waals surface area contributed by atoms with E-state index in [9.17, 15) is 17.6 Å². The number of carbonyl (C=O) groups is 1. The Balaban J connectivity index is 1.84. The standard InChI is InChI=1S/C26H29FN2O5S/c1-18(2)16-29(26(30)28-22-10-5-19(3)6-11-22)17-20-7-14-24(33-4)25(15-20)34-35(31,32)23-12-8-21(27)9-13-23/h5-15,18H,16-17H2,1-4H3,(H,28,30). The van der Waals surface area contributed by atoms with E-state index in [-0.39, 0.29) is 34.9 Å². The average molecular weight is 501 g/mol. The molecule has 0 aliphatic carbocycles. The van der Waals surface area contributed by atoms with Gasteiger partial charge in [0.25, 0.3) is 0 Å². The predicted molar refractivity (Wildman–Crippen MR) is 133 cm³/mol. The van der Waals surface area contributed by atoms with Crippen molar-refractivity contribution < 1.29 is 26.5 Å². The fourth-order valence-corrected chi connectivity index (χ4v) is 4.30. The quantitative estimate of drug-likeness (QED) is 0.387. The van der Waals surface area contributed by atoms with E-state index in [0.29, 0.717) is 17.8 Å². The maximum Gasteiger partial charge on any atom is 0.339 e. The van der Waals surface area contributed by atoms with Crippen molar-refractivity contribution in [1.82, 2.24) is 4.90 Å². The van der Waals surface area contributed by atoms with Crippen LogP contribution < -0.4 is 14.2 Å². The van der Waals surface area contributed by atoms with E-state index >= 15 is 0 Å². The third kappa shape index (κ3) is 7.19. The highest BCUT2D eigenvalue weighted by Gasteiger charge is 2.21. The van der Waals surface area contributed by atoms with Gasteiger partial charge in [-0.15, -0.1) is 0 Å². The summed E-state index contributed by atoms with van der Waals surface area (Å²) < 4.78 is 49.2. The Labute approximate surface area is 205 Å². The van der Waals surface area contributed by atoms with Gasteiger partial charge in [0.1, 0.15) is 10.7 Å². The van der Waals surface area contributed by atoms with Crippen molar-refractivity contribution in [2.24, 2.45) is 5.92 Å². The summed E-state index contributed by atoms with van der Waals surface area (Å²) in [7, 11) is -2.83. The molecule has 0 radical (unpaired) electrons. The van der Waals surface area contributed by atoms with Gasteiger partial charge in [0.05, 0.1) is 7.11 Å². The number of nitrogens with one attached hydrogen (secondary N) is 1. The van der Waals surface area contributed by atoms with Crippen molar-refractivity contribution in [3.63, 3.8) is 0 Å². The zero-order valence-electron chi connectivity index (χ0n) is 20.1. The molecule has 3 rings (SSSR count). The number of hydrogen-bond acceptors (Lipinski definition) is 5. The zero-order chi connectivity index (χ0) is 25.6. The molecule has 3 aromatic carbocycles. The van der Waals surface area contributed by atoms with Crippen molar-refractivity contribution in [3.05, 3.63) is 83.7 Å². The van der Waals surface area contributed by atoms with Gasteiger partial charge in [-0.25, -0.2) is 9.18 Å². The van der Waals surface area contributed by atoms with Crippen molar-refractivity contribution in [2.45, 2.75) is 32.2 Å². The van der Waals surface area contributed by atoms with Crippen LogP contribution in [0.4, 0.5) is 14.9 Å². The summed E-state index contributed by atoms with van der Waals surface area (Å²) in [5.74, 6) is -0.180. The summed E-state index contributed by atoms with van der Waals surface area (Å²) in [5.41, 5.74) is 2.41. The minimum absolute atomic E-state index is 0.0298. The van der Waals surface area contributed by atoms with Crippen LogP contribution in [0.25, 0.3) is 0 Å². The minimum Gasteiger partial charge on any atom is -0.493 e. The number of aryl methyl sites for hydroxylation is 1. The van der Waals surface area contributed by atoms with Crippen LogP contribution in [0, 0.1) is 18.7 Å². The van der Waals surface area contributed by atoms with Crippen LogP contribution in [0.15, 0.2) is 71.6 Å². The Kier molecular flexibility index (Phi) is 8.34. The smallest absolute Gasteiger partial charge is 0.339 e. The number of ether oxygens (including phenoxy) is 1. The summed E-state index contributed by atoms with van der Waals surface area (Å²) in [6.45, 7) is 6.67. The average Bonchev–Trinajstić information content (AvgIpc) is 2.80. The second-order valence-electron chi connectivity index (χ2n) is 8.55. The molecule has 0 atom stereocenters. The molecule has 0 saturated carbocycles. The zero-order valence-corrected chi connectivity index (χ0v) is 20.9. The van der Waals surface area contributed by atoms with Crippen LogP contribution in [-0.2, 0) is 16.7 Å². The van der Waals surface area contributed by atoms with Crippen LogP contribution >= 0.6 is 0 Å². The van der Waals surface area contributed by atoms with Gasteiger partial charge in [0, 0.05) is 18.8 Å². The second kappa shape index (κ2) is 11.2. The number of amides is 2. The van der Waals surface area contributed by atoms with Gasteiger partial charge in [-0.05, 0) is 66.9 Å².